The molecule has 2 saturated heterocycles. The van der Waals surface area contributed by atoms with E-state index < -0.39 is 5.97 Å². The lowest BCUT2D eigenvalue weighted by Gasteiger charge is -2.41. The molecule has 0 bridgehead atoms. The number of hydrogen-bond donors (Lipinski definition) is 1. The van der Waals surface area contributed by atoms with Crippen LogP contribution >= 0.6 is 0 Å². The number of urea groups is 1. The summed E-state index contributed by atoms with van der Waals surface area (Å²) in [5.41, 5.74) is 0. The quantitative estimate of drug-likeness (QED) is 0.819. The molecule has 2 aliphatic heterocycles. The lowest BCUT2D eigenvalue weighted by atomic mass is 9.93. The minimum absolute atomic E-state index is 0.0908. The fourth-order valence-electron chi connectivity index (χ4n) is 3.22. The Labute approximate surface area is 120 Å². The second-order valence-electron chi connectivity index (χ2n) is 6.04. The van der Waals surface area contributed by atoms with E-state index in [4.69, 9.17) is 5.11 Å². The number of carbonyl (C=O) groups is 2. The predicted molar refractivity (Wildman–Crippen MR) is 75.6 cm³/mol. The third kappa shape index (κ3) is 3.42. The van der Waals surface area contributed by atoms with Gasteiger partial charge in [-0.3, -0.25) is 4.79 Å². The van der Waals surface area contributed by atoms with Crippen molar-refractivity contribution in [1.29, 1.82) is 0 Å². The SMILES string of the molecule is CN(C)C(=O)N1CCC(N2CCC(C(=O)O)CC2)CC1. The fourth-order valence-corrected chi connectivity index (χ4v) is 3.22. The van der Waals surface area contributed by atoms with Crippen molar-refractivity contribution in [3.05, 3.63) is 0 Å². The third-order valence-electron chi connectivity index (χ3n) is 4.51. The van der Waals surface area contributed by atoms with Gasteiger partial charge in [-0.1, -0.05) is 0 Å². The van der Waals surface area contributed by atoms with E-state index >= 15 is 0 Å². The molecule has 0 aromatic heterocycles. The van der Waals surface area contributed by atoms with E-state index in [1.165, 1.54) is 0 Å². The first-order chi connectivity index (χ1) is 9.49. The molecule has 114 valence electrons. The monoisotopic (exact) mass is 283 g/mol. The summed E-state index contributed by atoms with van der Waals surface area (Å²) in [6.07, 6.45) is 3.51. The van der Waals surface area contributed by atoms with Gasteiger partial charge in [0.05, 0.1) is 5.92 Å². The number of carboxylic acid groups (broad SMARTS) is 1. The van der Waals surface area contributed by atoms with E-state index in [0.717, 1.165) is 51.9 Å². The smallest absolute Gasteiger partial charge is 0.319 e. The van der Waals surface area contributed by atoms with Crippen molar-refractivity contribution in [1.82, 2.24) is 14.7 Å². The van der Waals surface area contributed by atoms with Crippen LogP contribution in [0.3, 0.4) is 0 Å². The molecular formula is C14H25N3O3. The third-order valence-corrected chi connectivity index (χ3v) is 4.51. The van der Waals surface area contributed by atoms with Gasteiger partial charge in [-0.25, -0.2) is 4.79 Å². The Bertz CT molecular complexity index is 357. The molecule has 0 aromatic rings. The van der Waals surface area contributed by atoms with Crippen LogP contribution in [0, 0.1) is 5.92 Å². The van der Waals surface area contributed by atoms with Crippen LogP contribution in [-0.4, -0.2) is 78.1 Å². The van der Waals surface area contributed by atoms with E-state index in [1.54, 1.807) is 19.0 Å². The molecule has 0 aliphatic carbocycles. The number of piperidine rings is 2. The average molecular weight is 283 g/mol. The summed E-state index contributed by atoms with van der Waals surface area (Å²) in [6, 6.07) is 0.601. The van der Waals surface area contributed by atoms with Crippen molar-refractivity contribution in [3.8, 4) is 0 Å². The molecule has 2 fully saturated rings. The zero-order valence-corrected chi connectivity index (χ0v) is 12.4. The van der Waals surface area contributed by atoms with Gasteiger partial charge in [0.1, 0.15) is 0 Å². The van der Waals surface area contributed by atoms with Crippen LogP contribution in [0.15, 0.2) is 0 Å². The van der Waals surface area contributed by atoms with E-state index in [9.17, 15) is 9.59 Å². The fraction of sp³-hybridized carbons (Fsp3) is 0.857. The van der Waals surface area contributed by atoms with E-state index in [-0.39, 0.29) is 11.9 Å². The highest BCUT2D eigenvalue weighted by atomic mass is 16.4. The average Bonchev–Trinajstić information content (AvgIpc) is 2.46. The molecule has 0 radical (unpaired) electrons. The van der Waals surface area contributed by atoms with Crippen LogP contribution in [0.4, 0.5) is 4.79 Å². The lowest BCUT2D eigenvalue weighted by molar-refractivity contribution is -0.143. The molecule has 0 spiro atoms. The van der Waals surface area contributed by atoms with E-state index in [1.807, 2.05) is 4.90 Å². The highest BCUT2D eigenvalue weighted by molar-refractivity contribution is 5.73. The van der Waals surface area contributed by atoms with Gasteiger partial charge in [0, 0.05) is 33.2 Å². The molecule has 0 unspecified atom stereocenters. The summed E-state index contributed by atoms with van der Waals surface area (Å²) in [6.45, 7) is 3.37. The molecule has 0 saturated carbocycles. The number of rotatable bonds is 2. The molecule has 2 amide bonds. The predicted octanol–water partition coefficient (Wildman–Crippen LogP) is 0.929. The summed E-state index contributed by atoms with van der Waals surface area (Å²) >= 11 is 0. The molecule has 0 atom stereocenters. The molecule has 2 heterocycles. The van der Waals surface area contributed by atoms with Gasteiger partial charge in [-0.15, -0.1) is 0 Å². The largest absolute Gasteiger partial charge is 0.481 e. The van der Waals surface area contributed by atoms with Gasteiger partial charge in [0.2, 0.25) is 0 Å². The van der Waals surface area contributed by atoms with Crippen LogP contribution in [0.25, 0.3) is 0 Å². The zero-order valence-electron chi connectivity index (χ0n) is 12.4. The van der Waals surface area contributed by atoms with Crippen LogP contribution in [0.5, 0.6) is 0 Å². The van der Waals surface area contributed by atoms with E-state index in [2.05, 4.69) is 4.90 Å². The molecule has 2 rings (SSSR count). The maximum Gasteiger partial charge on any atom is 0.319 e. The number of nitrogens with zero attached hydrogens (tertiary/aromatic N) is 3. The minimum Gasteiger partial charge on any atom is -0.481 e. The summed E-state index contributed by atoms with van der Waals surface area (Å²) in [5.74, 6) is -0.822. The molecular weight excluding hydrogens is 258 g/mol. The Morgan fingerprint density at radius 3 is 2.00 bits per heavy atom. The lowest BCUT2D eigenvalue weighted by Crippen LogP contribution is -2.51. The van der Waals surface area contributed by atoms with Gasteiger partial charge >= 0.3 is 12.0 Å². The summed E-state index contributed by atoms with van der Waals surface area (Å²) in [5, 5.41) is 9.02. The number of carboxylic acids is 1. The first-order valence-corrected chi connectivity index (χ1v) is 7.42. The first kappa shape index (κ1) is 15.1. The Hall–Kier alpha value is -1.30. The minimum atomic E-state index is -0.656. The Balaban J connectivity index is 1.77. The number of amides is 2. The Morgan fingerprint density at radius 1 is 1.00 bits per heavy atom. The van der Waals surface area contributed by atoms with Gasteiger partial charge in [-0.05, 0) is 38.8 Å². The molecule has 0 aromatic carbocycles. The maximum absolute atomic E-state index is 11.9. The van der Waals surface area contributed by atoms with Crippen molar-refractivity contribution in [2.24, 2.45) is 5.92 Å². The van der Waals surface area contributed by atoms with Gasteiger partial charge in [0.15, 0.2) is 0 Å². The van der Waals surface area contributed by atoms with Gasteiger partial charge in [0.25, 0.3) is 0 Å². The Morgan fingerprint density at radius 2 is 1.55 bits per heavy atom. The van der Waals surface area contributed by atoms with E-state index in [0.29, 0.717) is 6.04 Å². The van der Waals surface area contributed by atoms with Crippen molar-refractivity contribution in [2.45, 2.75) is 31.7 Å². The summed E-state index contributed by atoms with van der Waals surface area (Å²) in [7, 11) is 3.57. The van der Waals surface area contributed by atoms with Crippen molar-refractivity contribution in [3.63, 3.8) is 0 Å². The normalized spacial score (nSPS) is 22.8. The van der Waals surface area contributed by atoms with Crippen molar-refractivity contribution < 1.29 is 14.7 Å². The highest BCUT2D eigenvalue weighted by Gasteiger charge is 2.31. The summed E-state index contributed by atoms with van der Waals surface area (Å²) < 4.78 is 0. The molecule has 6 nitrogen and oxygen atoms in total. The standard InChI is InChI=1S/C14H25N3O3/c1-15(2)14(20)17-9-5-12(6-10-17)16-7-3-11(4-8-16)13(18)19/h11-12H,3-10H2,1-2H3,(H,18,19). The highest BCUT2D eigenvalue weighted by Crippen LogP contribution is 2.24. The van der Waals surface area contributed by atoms with Gasteiger partial charge in [-0.2, -0.15) is 0 Å². The Kier molecular flexibility index (Phi) is 4.86. The van der Waals surface area contributed by atoms with Crippen LogP contribution in [-0.2, 0) is 4.79 Å². The maximum atomic E-state index is 11.9. The van der Waals surface area contributed by atoms with Crippen molar-refractivity contribution in [2.75, 3.05) is 40.3 Å². The van der Waals surface area contributed by atoms with Crippen LogP contribution in [0.2, 0.25) is 0 Å². The number of carbonyl (C=O) groups excluding carboxylic acids is 1. The number of hydrogen-bond acceptors (Lipinski definition) is 3. The second kappa shape index (κ2) is 6.43. The van der Waals surface area contributed by atoms with Crippen LogP contribution < -0.4 is 0 Å². The first-order valence-electron chi connectivity index (χ1n) is 7.42. The number of aliphatic carboxylic acids is 1. The number of likely N-dealkylation sites (tertiary alicyclic amines) is 2. The molecule has 2 aliphatic rings. The molecule has 20 heavy (non-hydrogen) atoms. The molecule has 6 heteroatoms. The zero-order chi connectivity index (χ0) is 14.7. The van der Waals surface area contributed by atoms with Crippen molar-refractivity contribution >= 4 is 12.0 Å². The molecule has 1 N–H and O–H groups in total. The summed E-state index contributed by atoms with van der Waals surface area (Å²) in [4.78, 5) is 28.8. The van der Waals surface area contributed by atoms with Gasteiger partial charge < -0.3 is 19.8 Å². The second-order valence-corrected chi connectivity index (χ2v) is 6.04. The topological polar surface area (TPSA) is 64.1 Å². The van der Waals surface area contributed by atoms with Crippen LogP contribution in [0.1, 0.15) is 25.7 Å².